The maximum atomic E-state index is 11.9. The number of benzene rings is 3. The highest BCUT2D eigenvalue weighted by molar-refractivity contribution is 6.31. The van der Waals surface area contributed by atoms with Crippen molar-refractivity contribution in [1.82, 2.24) is 0 Å². The Morgan fingerprint density at radius 3 is 2.38 bits per heavy atom. The van der Waals surface area contributed by atoms with Crippen molar-refractivity contribution in [2.45, 2.75) is 0 Å². The lowest BCUT2D eigenvalue weighted by atomic mass is 10.1. The molecule has 0 radical (unpaired) electrons. The van der Waals surface area contributed by atoms with Crippen LogP contribution in [0.5, 0.6) is 11.5 Å². The summed E-state index contributed by atoms with van der Waals surface area (Å²) in [5, 5.41) is 0.445. The number of hydrogen-bond acceptors (Lipinski definition) is 3. The Labute approximate surface area is 145 Å². The highest BCUT2D eigenvalue weighted by Gasteiger charge is 2.14. The molecule has 0 fully saturated rings. The Morgan fingerprint density at radius 2 is 1.62 bits per heavy atom. The van der Waals surface area contributed by atoms with Crippen LogP contribution in [0.15, 0.2) is 72.8 Å². The molecule has 3 aromatic carbocycles. The summed E-state index contributed by atoms with van der Waals surface area (Å²) in [6.45, 7) is 0. The van der Waals surface area contributed by atoms with E-state index in [1.54, 1.807) is 12.1 Å². The first-order chi connectivity index (χ1) is 11.7. The zero-order valence-electron chi connectivity index (χ0n) is 13.0. The Morgan fingerprint density at radius 1 is 0.875 bits per heavy atom. The maximum Gasteiger partial charge on any atom is 0.341 e. The average molecular weight is 339 g/mol. The summed E-state index contributed by atoms with van der Waals surface area (Å²) in [5.74, 6) is 0.534. The van der Waals surface area contributed by atoms with Crippen molar-refractivity contribution in [3.63, 3.8) is 0 Å². The van der Waals surface area contributed by atoms with Gasteiger partial charge in [0.25, 0.3) is 0 Å². The topological polar surface area (TPSA) is 35.5 Å². The largest absolute Gasteiger partial charge is 0.465 e. The molecule has 0 atom stereocenters. The second-order valence-corrected chi connectivity index (χ2v) is 5.56. The highest BCUT2D eigenvalue weighted by Crippen LogP contribution is 2.31. The van der Waals surface area contributed by atoms with Gasteiger partial charge in [0.15, 0.2) is 0 Å². The van der Waals surface area contributed by atoms with Crippen LogP contribution in [0.1, 0.15) is 10.4 Å². The molecular formula is C20H15ClO3. The zero-order valence-corrected chi connectivity index (χ0v) is 13.8. The first kappa shape index (κ1) is 16.1. The molecular weight excluding hydrogens is 324 g/mol. The Bertz CT molecular complexity index is 860. The van der Waals surface area contributed by atoms with E-state index in [4.69, 9.17) is 21.1 Å². The van der Waals surface area contributed by atoms with Crippen LogP contribution in [0.4, 0.5) is 0 Å². The predicted molar refractivity (Wildman–Crippen MR) is 94.7 cm³/mol. The minimum absolute atomic E-state index is 0.287. The number of rotatable bonds is 4. The molecule has 3 nitrogen and oxygen atoms in total. The van der Waals surface area contributed by atoms with E-state index in [0.717, 1.165) is 11.1 Å². The molecule has 0 aliphatic rings. The van der Waals surface area contributed by atoms with Crippen molar-refractivity contribution in [1.29, 1.82) is 0 Å². The van der Waals surface area contributed by atoms with Crippen molar-refractivity contribution >= 4 is 17.6 Å². The number of carbonyl (C=O) groups excluding carboxylic acids is 1. The Balaban J connectivity index is 1.94. The number of ether oxygens (including phenoxy) is 2. The van der Waals surface area contributed by atoms with Gasteiger partial charge in [0.2, 0.25) is 0 Å². The van der Waals surface area contributed by atoms with Gasteiger partial charge in [0.05, 0.1) is 7.11 Å². The zero-order chi connectivity index (χ0) is 16.9. The van der Waals surface area contributed by atoms with E-state index in [1.807, 2.05) is 54.6 Å². The van der Waals surface area contributed by atoms with Crippen molar-refractivity contribution in [2.24, 2.45) is 0 Å². The SMILES string of the molecule is COC(=O)c1cc(Cl)ccc1Oc1cccc(-c2ccccc2)c1. The third-order valence-corrected chi connectivity index (χ3v) is 3.75. The van der Waals surface area contributed by atoms with Crippen LogP contribution in [0.3, 0.4) is 0 Å². The summed E-state index contributed by atoms with van der Waals surface area (Å²) in [6, 6.07) is 22.5. The van der Waals surface area contributed by atoms with E-state index in [2.05, 4.69) is 0 Å². The second-order valence-electron chi connectivity index (χ2n) is 5.13. The molecule has 0 aliphatic carbocycles. The van der Waals surface area contributed by atoms with Crippen LogP contribution in [0.2, 0.25) is 5.02 Å². The van der Waals surface area contributed by atoms with Crippen LogP contribution < -0.4 is 4.74 Å². The molecule has 0 saturated carbocycles. The number of halogens is 1. The first-order valence-corrected chi connectivity index (χ1v) is 7.76. The van der Waals surface area contributed by atoms with Crippen LogP contribution in [0, 0.1) is 0 Å². The smallest absolute Gasteiger partial charge is 0.341 e. The third kappa shape index (κ3) is 3.58. The molecule has 3 aromatic rings. The van der Waals surface area contributed by atoms with Crippen LogP contribution >= 0.6 is 11.6 Å². The van der Waals surface area contributed by atoms with Crippen molar-refractivity contribution < 1.29 is 14.3 Å². The second kappa shape index (κ2) is 7.20. The predicted octanol–water partition coefficient (Wildman–Crippen LogP) is 5.59. The van der Waals surface area contributed by atoms with Gasteiger partial charge in [-0.3, -0.25) is 0 Å². The highest BCUT2D eigenvalue weighted by atomic mass is 35.5. The van der Waals surface area contributed by atoms with E-state index < -0.39 is 5.97 Å². The lowest BCUT2D eigenvalue weighted by Crippen LogP contribution is -2.03. The fourth-order valence-corrected chi connectivity index (χ4v) is 2.53. The summed E-state index contributed by atoms with van der Waals surface area (Å²) < 4.78 is 10.7. The molecule has 120 valence electrons. The minimum Gasteiger partial charge on any atom is -0.465 e. The molecule has 0 bridgehead atoms. The van der Waals surface area contributed by atoms with Crippen molar-refractivity contribution in [3.8, 4) is 22.6 Å². The summed E-state index contributed by atoms with van der Waals surface area (Å²) in [4.78, 5) is 11.9. The monoisotopic (exact) mass is 338 g/mol. The molecule has 3 rings (SSSR count). The van der Waals surface area contributed by atoms with E-state index in [1.165, 1.54) is 13.2 Å². The number of hydrogen-bond donors (Lipinski definition) is 0. The van der Waals surface area contributed by atoms with Crippen LogP contribution in [-0.4, -0.2) is 13.1 Å². The van der Waals surface area contributed by atoms with E-state index >= 15 is 0 Å². The number of carbonyl (C=O) groups is 1. The molecule has 4 heteroatoms. The molecule has 0 spiro atoms. The Hall–Kier alpha value is -2.78. The minimum atomic E-state index is -0.494. The average Bonchev–Trinajstić information content (AvgIpc) is 2.63. The van der Waals surface area contributed by atoms with Gasteiger partial charge in [-0.25, -0.2) is 4.79 Å². The van der Waals surface area contributed by atoms with Gasteiger partial charge in [-0.15, -0.1) is 0 Å². The number of esters is 1. The van der Waals surface area contributed by atoms with Gasteiger partial charge in [0.1, 0.15) is 17.1 Å². The molecule has 0 aromatic heterocycles. The summed E-state index contributed by atoms with van der Waals surface area (Å²) in [6.07, 6.45) is 0. The fraction of sp³-hybridized carbons (Fsp3) is 0.0500. The quantitative estimate of drug-likeness (QED) is 0.582. The van der Waals surface area contributed by atoms with E-state index in [9.17, 15) is 4.79 Å². The third-order valence-electron chi connectivity index (χ3n) is 3.52. The lowest BCUT2D eigenvalue weighted by Gasteiger charge is -2.11. The molecule has 24 heavy (non-hydrogen) atoms. The maximum absolute atomic E-state index is 11.9. The normalized spacial score (nSPS) is 10.2. The van der Waals surface area contributed by atoms with Crippen LogP contribution in [-0.2, 0) is 4.74 Å². The Kier molecular flexibility index (Phi) is 4.82. The summed E-state index contributed by atoms with van der Waals surface area (Å²) >= 11 is 5.96. The van der Waals surface area contributed by atoms with Gasteiger partial charge >= 0.3 is 5.97 Å². The van der Waals surface area contributed by atoms with Crippen molar-refractivity contribution in [2.75, 3.05) is 7.11 Å². The molecule has 0 unspecified atom stereocenters. The number of methoxy groups -OCH3 is 1. The van der Waals surface area contributed by atoms with E-state index in [0.29, 0.717) is 16.5 Å². The van der Waals surface area contributed by atoms with E-state index in [-0.39, 0.29) is 5.56 Å². The van der Waals surface area contributed by atoms with Crippen LogP contribution in [0.25, 0.3) is 11.1 Å². The fourth-order valence-electron chi connectivity index (χ4n) is 2.36. The summed E-state index contributed by atoms with van der Waals surface area (Å²) in [7, 11) is 1.32. The molecule has 0 saturated heterocycles. The summed E-state index contributed by atoms with van der Waals surface area (Å²) in [5.41, 5.74) is 2.41. The standard InChI is InChI=1S/C20H15ClO3/c1-23-20(22)18-13-16(21)10-11-19(18)24-17-9-5-8-15(12-17)14-6-3-2-4-7-14/h2-13H,1H3. The van der Waals surface area contributed by atoms with Gasteiger partial charge in [-0.1, -0.05) is 54.1 Å². The first-order valence-electron chi connectivity index (χ1n) is 7.38. The van der Waals surface area contributed by atoms with Gasteiger partial charge in [-0.2, -0.15) is 0 Å². The molecule has 0 N–H and O–H groups in total. The van der Waals surface area contributed by atoms with Crippen molar-refractivity contribution in [3.05, 3.63) is 83.4 Å². The molecule has 0 heterocycles. The molecule has 0 aliphatic heterocycles. The van der Waals surface area contributed by atoms with Gasteiger partial charge in [-0.05, 0) is 41.5 Å². The van der Waals surface area contributed by atoms with Gasteiger partial charge < -0.3 is 9.47 Å². The van der Waals surface area contributed by atoms with Gasteiger partial charge in [0, 0.05) is 5.02 Å². The lowest BCUT2D eigenvalue weighted by molar-refractivity contribution is 0.0598. The molecule has 0 amide bonds.